The van der Waals surface area contributed by atoms with E-state index >= 15 is 0 Å². The fourth-order valence-electron chi connectivity index (χ4n) is 1.36. The maximum atomic E-state index is 12.6. The summed E-state index contributed by atoms with van der Waals surface area (Å²) in [7, 11) is -3.92. The molecule has 0 aliphatic carbocycles. The first kappa shape index (κ1) is 15.6. The van der Waals surface area contributed by atoms with E-state index in [1.54, 1.807) is 13.8 Å². The molecule has 0 atom stereocenters. The minimum absolute atomic E-state index is 0.213. The lowest BCUT2D eigenvalue weighted by Crippen LogP contribution is -2.35. The molecular weight excluding hydrogens is 283 g/mol. The van der Waals surface area contributed by atoms with Crippen LogP contribution < -0.4 is 15.2 Å². The topological polar surface area (TPSA) is 84.2 Å². The first-order valence-corrected chi connectivity index (χ1v) is 6.76. The number of anilines is 2. The lowest BCUT2D eigenvalue weighted by atomic mass is 10.1. The number of benzene rings is 1. The smallest absolute Gasteiger partial charge is 0.398 e. The van der Waals surface area contributed by atoms with Crippen LogP contribution in [0.1, 0.15) is 19.4 Å². The van der Waals surface area contributed by atoms with E-state index in [9.17, 15) is 21.6 Å². The highest BCUT2D eigenvalue weighted by Gasteiger charge is 2.33. The summed E-state index contributed by atoms with van der Waals surface area (Å²) < 4.78 is 65.0. The second kappa shape index (κ2) is 5.25. The van der Waals surface area contributed by atoms with Gasteiger partial charge in [-0.1, -0.05) is 0 Å². The molecule has 1 aromatic carbocycles. The van der Waals surface area contributed by atoms with E-state index in [0.29, 0.717) is 6.07 Å². The maximum Gasteiger partial charge on any atom is 0.418 e. The second-order valence-electron chi connectivity index (χ2n) is 4.18. The van der Waals surface area contributed by atoms with Crippen LogP contribution in [0.5, 0.6) is 0 Å². The number of alkyl halides is 3. The van der Waals surface area contributed by atoms with Crippen molar-refractivity contribution in [1.82, 2.24) is 4.72 Å². The molecule has 19 heavy (non-hydrogen) atoms. The van der Waals surface area contributed by atoms with Crippen LogP contribution in [0.25, 0.3) is 0 Å². The fraction of sp³-hybridized carbons (Fsp3) is 0.400. The summed E-state index contributed by atoms with van der Waals surface area (Å²) in [6, 6.07) is 2.42. The molecule has 0 fully saturated rings. The van der Waals surface area contributed by atoms with Crippen molar-refractivity contribution in [3.05, 3.63) is 23.8 Å². The predicted octanol–water partition coefficient (Wildman–Crippen LogP) is 1.94. The molecule has 4 N–H and O–H groups in total. The van der Waals surface area contributed by atoms with Crippen LogP contribution in [0, 0.1) is 0 Å². The normalized spacial score (nSPS) is 12.7. The van der Waals surface area contributed by atoms with Crippen LogP contribution >= 0.6 is 0 Å². The Hall–Kier alpha value is -1.48. The number of nitrogens with two attached hydrogens (primary N) is 1. The number of nitrogens with one attached hydrogen (secondary N) is 2. The minimum Gasteiger partial charge on any atom is -0.398 e. The van der Waals surface area contributed by atoms with E-state index in [-0.39, 0.29) is 11.7 Å². The number of hydrogen-bond acceptors (Lipinski definition) is 3. The molecule has 1 rings (SSSR count). The Kier molecular flexibility index (Phi) is 4.31. The summed E-state index contributed by atoms with van der Waals surface area (Å²) >= 11 is 0. The molecule has 0 aromatic heterocycles. The highest BCUT2D eigenvalue weighted by molar-refractivity contribution is 7.90. The van der Waals surface area contributed by atoms with Crippen LogP contribution in [0.15, 0.2) is 18.2 Å². The summed E-state index contributed by atoms with van der Waals surface area (Å²) in [4.78, 5) is 0. The van der Waals surface area contributed by atoms with E-state index < -0.39 is 27.6 Å². The average molecular weight is 297 g/mol. The zero-order chi connectivity index (χ0) is 14.8. The number of halogens is 3. The highest BCUT2D eigenvalue weighted by atomic mass is 32.2. The van der Waals surface area contributed by atoms with Gasteiger partial charge in [0.1, 0.15) is 0 Å². The Balaban J connectivity index is 3.05. The summed E-state index contributed by atoms with van der Waals surface area (Å²) in [6.45, 7) is 3.17. The van der Waals surface area contributed by atoms with Crippen LogP contribution in [-0.4, -0.2) is 14.5 Å². The standard InChI is InChI=1S/C10H14F3N3O2S/c1-6(2)15-19(17,18)16-7-3-4-9(14)8(5-7)10(11,12)13/h3-6,15-16H,14H2,1-2H3. The van der Waals surface area contributed by atoms with Gasteiger partial charge in [0.2, 0.25) is 0 Å². The summed E-state index contributed by atoms with van der Waals surface area (Å²) in [5.41, 5.74) is 3.44. The van der Waals surface area contributed by atoms with Gasteiger partial charge in [0.25, 0.3) is 10.2 Å². The summed E-state index contributed by atoms with van der Waals surface area (Å²) in [5, 5.41) is 0. The van der Waals surface area contributed by atoms with Crippen molar-refractivity contribution in [2.75, 3.05) is 10.5 Å². The summed E-state index contributed by atoms with van der Waals surface area (Å²) in [6.07, 6.45) is -4.64. The van der Waals surface area contributed by atoms with E-state index in [0.717, 1.165) is 12.1 Å². The van der Waals surface area contributed by atoms with Gasteiger partial charge in [0.05, 0.1) is 11.3 Å². The molecule has 0 saturated carbocycles. The van der Waals surface area contributed by atoms with Gasteiger partial charge in [-0.2, -0.15) is 26.3 Å². The van der Waals surface area contributed by atoms with Gasteiger partial charge in [-0.25, -0.2) is 0 Å². The zero-order valence-electron chi connectivity index (χ0n) is 10.2. The molecule has 0 spiro atoms. The Morgan fingerprint density at radius 3 is 2.32 bits per heavy atom. The largest absolute Gasteiger partial charge is 0.418 e. The van der Waals surface area contributed by atoms with Gasteiger partial charge in [0, 0.05) is 11.7 Å². The molecule has 1 aromatic rings. The molecule has 5 nitrogen and oxygen atoms in total. The van der Waals surface area contributed by atoms with E-state index in [4.69, 9.17) is 5.73 Å². The Bertz CT molecular complexity index is 556. The fourth-order valence-corrected chi connectivity index (χ4v) is 2.48. The Morgan fingerprint density at radius 2 is 1.84 bits per heavy atom. The first-order valence-electron chi connectivity index (χ1n) is 5.28. The molecule has 108 valence electrons. The lowest BCUT2D eigenvalue weighted by Gasteiger charge is -2.14. The van der Waals surface area contributed by atoms with Crippen LogP contribution in [0.4, 0.5) is 24.5 Å². The van der Waals surface area contributed by atoms with Crippen molar-refractivity contribution in [2.24, 2.45) is 0 Å². The quantitative estimate of drug-likeness (QED) is 0.743. The molecule has 0 amide bonds. The molecule has 0 radical (unpaired) electrons. The third kappa shape index (κ3) is 4.60. The van der Waals surface area contributed by atoms with Crippen molar-refractivity contribution in [1.29, 1.82) is 0 Å². The Morgan fingerprint density at radius 1 is 1.26 bits per heavy atom. The van der Waals surface area contributed by atoms with Gasteiger partial charge >= 0.3 is 6.18 Å². The molecule has 9 heteroatoms. The Labute approximate surface area is 109 Å². The lowest BCUT2D eigenvalue weighted by molar-refractivity contribution is -0.136. The third-order valence-corrected chi connectivity index (χ3v) is 3.29. The molecule has 0 unspecified atom stereocenters. The van der Waals surface area contributed by atoms with E-state index in [2.05, 4.69) is 4.72 Å². The SMILES string of the molecule is CC(C)NS(=O)(=O)Nc1ccc(N)c(C(F)(F)F)c1. The van der Waals surface area contributed by atoms with Crippen molar-refractivity contribution >= 4 is 21.6 Å². The van der Waals surface area contributed by atoms with E-state index in [1.165, 1.54) is 0 Å². The average Bonchev–Trinajstić information content (AvgIpc) is 2.16. The van der Waals surface area contributed by atoms with Crippen molar-refractivity contribution in [2.45, 2.75) is 26.1 Å². The van der Waals surface area contributed by atoms with Crippen LogP contribution in [-0.2, 0) is 16.4 Å². The maximum absolute atomic E-state index is 12.6. The molecule has 0 aliphatic rings. The zero-order valence-corrected chi connectivity index (χ0v) is 11.1. The van der Waals surface area contributed by atoms with Crippen LogP contribution in [0.3, 0.4) is 0 Å². The van der Waals surface area contributed by atoms with Gasteiger partial charge < -0.3 is 5.73 Å². The van der Waals surface area contributed by atoms with Gasteiger partial charge in [-0.3, -0.25) is 4.72 Å². The molecule has 0 heterocycles. The third-order valence-electron chi connectivity index (χ3n) is 2.00. The first-order chi connectivity index (χ1) is 8.51. The van der Waals surface area contributed by atoms with Gasteiger partial charge in [0.15, 0.2) is 0 Å². The number of nitrogen functional groups attached to an aromatic ring is 1. The monoisotopic (exact) mass is 297 g/mol. The van der Waals surface area contributed by atoms with E-state index in [1.807, 2.05) is 4.72 Å². The molecule has 0 bridgehead atoms. The predicted molar refractivity (Wildman–Crippen MR) is 66.7 cm³/mol. The molecular formula is C10H14F3N3O2S. The summed E-state index contributed by atoms with van der Waals surface area (Å²) in [5.74, 6) is 0. The van der Waals surface area contributed by atoms with Crippen molar-refractivity contribution in [3.8, 4) is 0 Å². The number of rotatable bonds is 4. The second-order valence-corrected chi connectivity index (χ2v) is 5.62. The minimum atomic E-state index is -4.64. The molecule has 0 aliphatic heterocycles. The number of hydrogen-bond donors (Lipinski definition) is 3. The molecule has 0 saturated heterocycles. The van der Waals surface area contributed by atoms with Gasteiger partial charge in [-0.15, -0.1) is 0 Å². The van der Waals surface area contributed by atoms with Crippen LogP contribution in [0.2, 0.25) is 0 Å². The van der Waals surface area contributed by atoms with Crippen molar-refractivity contribution < 1.29 is 21.6 Å². The van der Waals surface area contributed by atoms with Crippen molar-refractivity contribution in [3.63, 3.8) is 0 Å². The highest BCUT2D eigenvalue weighted by Crippen LogP contribution is 2.35. The van der Waals surface area contributed by atoms with Gasteiger partial charge in [-0.05, 0) is 32.0 Å².